The Morgan fingerprint density at radius 2 is 1.65 bits per heavy atom. The van der Waals surface area contributed by atoms with Gasteiger partial charge in [0.1, 0.15) is 11.5 Å². The molecule has 2 N–H and O–H groups in total. The number of ether oxygens (including phenoxy) is 2. The molecule has 17 heavy (non-hydrogen) atoms. The highest BCUT2D eigenvalue weighted by Crippen LogP contribution is 2.32. The Morgan fingerprint density at radius 3 is 2.12 bits per heavy atom. The first kappa shape index (κ1) is 12.0. The van der Waals surface area contributed by atoms with E-state index in [1.54, 1.807) is 25.6 Å². The van der Waals surface area contributed by atoms with Crippen molar-refractivity contribution >= 4 is 11.3 Å². The summed E-state index contributed by atoms with van der Waals surface area (Å²) in [5.41, 5.74) is 7.84. The van der Waals surface area contributed by atoms with Crippen molar-refractivity contribution in [2.75, 3.05) is 14.2 Å². The van der Waals surface area contributed by atoms with Crippen molar-refractivity contribution in [3.05, 3.63) is 34.5 Å². The molecule has 3 nitrogen and oxygen atoms in total. The molecule has 0 aliphatic rings. The Kier molecular flexibility index (Phi) is 3.66. The van der Waals surface area contributed by atoms with Crippen LogP contribution in [0, 0.1) is 0 Å². The van der Waals surface area contributed by atoms with E-state index in [-0.39, 0.29) is 0 Å². The summed E-state index contributed by atoms with van der Waals surface area (Å²) in [5, 5.41) is 2.09. The molecule has 0 spiro atoms. The molecule has 2 aromatic rings. The summed E-state index contributed by atoms with van der Waals surface area (Å²) >= 11 is 1.66. The third kappa shape index (κ3) is 2.60. The van der Waals surface area contributed by atoms with Gasteiger partial charge in [0.15, 0.2) is 0 Å². The largest absolute Gasteiger partial charge is 0.497 e. The van der Waals surface area contributed by atoms with Crippen LogP contribution in [0.3, 0.4) is 0 Å². The zero-order valence-corrected chi connectivity index (χ0v) is 10.7. The van der Waals surface area contributed by atoms with Gasteiger partial charge < -0.3 is 15.2 Å². The van der Waals surface area contributed by atoms with E-state index in [9.17, 15) is 0 Å². The SMILES string of the molecule is COc1cc(OC)cc(-c2csc(CN)c2)c1. The lowest BCUT2D eigenvalue weighted by atomic mass is 10.1. The monoisotopic (exact) mass is 249 g/mol. The lowest BCUT2D eigenvalue weighted by Crippen LogP contribution is -1.91. The molecule has 0 saturated carbocycles. The fourth-order valence-corrected chi connectivity index (χ4v) is 2.39. The third-order valence-corrected chi connectivity index (χ3v) is 3.50. The Labute approximate surface area is 105 Å². The van der Waals surface area contributed by atoms with E-state index in [0.717, 1.165) is 22.6 Å². The molecule has 1 heterocycles. The van der Waals surface area contributed by atoms with Gasteiger partial charge in [0.25, 0.3) is 0 Å². The molecule has 0 atom stereocenters. The van der Waals surface area contributed by atoms with Crippen LogP contribution in [0.1, 0.15) is 4.88 Å². The summed E-state index contributed by atoms with van der Waals surface area (Å²) in [6.45, 7) is 0.575. The van der Waals surface area contributed by atoms with E-state index < -0.39 is 0 Å². The van der Waals surface area contributed by atoms with Crippen LogP contribution in [0.5, 0.6) is 11.5 Å². The van der Waals surface area contributed by atoms with Gasteiger partial charge in [-0.1, -0.05) is 0 Å². The van der Waals surface area contributed by atoms with Crippen LogP contribution in [-0.2, 0) is 6.54 Å². The summed E-state index contributed by atoms with van der Waals surface area (Å²) in [6, 6.07) is 7.94. The molecule has 0 unspecified atom stereocenters. The van der Waals surface area contributed by atoms with Crippen LogP contribution in [0.2, 0.25) is 0 Å². The molecule has 90 valence electrons. The molecular weight excluding hydrogens is 234 g/mol. The first-order valence-corrected chi connectivity index (χ1v) is 6.15. The van der Waals surface area contributed by atoms with Gasteiger partial charge in [-0.2, -0.15) is 0 Å². The van der Waals surface area contributed by atoms with Crippen LogP contribution in [0.4, 0.5) is 0 Å². The number of rotatable bonds is 4. The summed E-state index contributed by atoms with van der Waals surface area (Å²) in [6.07, 6.45) is 0. The van der Waals surface area contributed by atoms with Gasteiger partial charge in [-0.3, -0.25) is 0 Å². The van der Waals surface area contributed by atoms with Gasteiger partial charge >= 0.3 is 0 Å². The van der Waals surface area contributed by atoms with Crippen molar-refractivity contribution in [1.82, 2.24) is 0 Å². The van der Waals surface area contributed by atoms with Crippen molar-refractivity contribution in [2.45, 2.75) is 6.54 Å². The van der Waals surface area contributed by atoms with Crippen LogP contribution in [0.25, 0.3) is 11.1 Å². The Bertz CT molecular complexity index is 486. The van der Waals surface area contributed by atoms with Gasteiger partial charge in [0.05, 0.1) is 14.2 Å². The van der Waals surface area contributed by atoms with Crippen molar-refractivity contribution in [1.29, 1.82) is 0 Å². The highest BCUT2D eigenvalue weighted by atomic mass is 32.1. The number of benzene rings is 1. The maximum absolute atomic E-state index is 5.61. The quantitative estimate of drug-likeness (QED) is 0.906. The van der Waals surface area contributed by atoms with E-state index in [2.05, 4.69) is 11.4 Å². The molecule has 0 bridgehead atoms. The highest BCUT2D eigenvalue weighted by molar-refractivity contribution is 7.10. The summed E-state index contributed by atoms with van der Waals surface area (Å²) in [4.78, 5) is 1.17. The molecule has 0 amide bonds. The standard InChI is InChI=1S/C13H15NO2S/c1-15-11-3-9(4-12(6-11)16-2)10-5-13(7-14)17-8-10/h3-6,8H,7,14H2,1-2H3. The minimum absolute atomic E-state index is 0.575. The number of methoxy groups -OCH3 is 2. The number of hydrogen-bond donors (Lipinski definition) is 1. The first-order chi connectivity index (χ1) is 8.26. The molecule has 0 saturated heterocycles. The molecule has 0 aliphatic heterocycles. The van der Waals surface area contributed by atoms with E-state index in [4.69, 9.17) is 15.2 Å². The molecule has 0 aliphatic carbocycles. The fourth-order valence-electron chi connectivity index (χ4n) is 1.61. The molecule has 1 aromatic heterocycles. The molecule has 1 aromatic carbocycles. The molecule has 2 rings (SSSR count). The van der Waals surface area contributed by atoms with E-state index in [1.165, 1.54) is 4.88 Å². The predicted molar refractivity (Wildman–Crippen MR) is 70.8 cm³/mol. The van der Waals surface area contributed by atoms with Crippen LogP contribution >= 0.6 is 11.3 Å². The minimum atomic E-state index is 0.575. The first-order valence-electron chi connectivity index (χ1n) is 5.27. The Balaban J connectivity index is 2.43. The summed E-state index contributed by atoms with van der Waals surface area (Å²) in [7, 11) is 3.30. The molecular formula is C13H15NO2S. The highest BCUT2D eigenvalue weighted by Gasteiger charge is 2.06. The van der Waals surface area contributed by atoms with Gasteiger partial charge in [-0.25, -0.2) is 0 Å². The zero-order chi connectivity index (χ0) is 12.3. The fraction of sp³-hybridized carbons (Fsp3) is 0.231. The van der Waals surface area contributed by atoms with E-state index in [1.807, 2.05) is 18.2 Å². The smallest absolute Gasteiger partial charge is 0.123 e. The molecule has 0 radical (unpaired) electrons. The topological polar surface area (TPSA) is 44.5 Å². The zero-order valence-electron chi connectivity index (χ0n) is 9.90. The molecule has 4 heteroatoms. The van der Waals surface area contributed by atoms with Crippen LogP contribution in [0.15, 0.2) is 29.6 Å². The van der Waals surface area contributed by atoms with Gasteiger partial charge in [0.2, 0.25) is 0 Å². The average molecular weight is 249 g/mol. The lowest BCUT2D eigenvalue weighted by molar-refractivity contribution is 0.394. The number of thiophene rings is 1. The van der Waals surface area contributed by atoms with Crippen LogP contribution in [-0.4, -0.2) is 14.2 Å². The molecule has 0 fully saturated rings. The lowest BCUT2D eigenvalue weighted by Gasteiger charge is -2.07. The third-order valence-electron chi connectivity index (χ3n) is 2.54. The Hall–Kier alpha value is -1.52. The maximum Gasteiger partial charge on any atom is 0.123 e. The predicted octanol–water partition coefficient (Wildman–Crippen LogP) is 2.89. The van der Waals surface area contributed by atoms with Crippen LogP contribution < -0.4 is 15.2 Å². The minimum Gasteiger partial charge on any atom is -0.497 e. The van der Waals surface area contributed by atoms with Gasteiger partial charge in [0, 0.05) is 17.5 Å². The number of hydrogen-bond acceptors (Lipinski definition) is 4. The van der Waals surface area contributed by atoms with Crippen molar-refractivity contribution in [2.24, 2.45) is 5.73 Å². The normalized spacial score (nSPS) is 10.3. The second-order valence-electron chi connectivity index (χ2n) is 3.61. The van der Waals surface area contributed by atoms with Gasteiger partial charge in [-0.05, 0) is 34.7 Å². The van der Waals surface area contributed by atoms with Crippen molar-refractivity contribution in [3.63, 3.8) is 0 Å². The van der Waals surface area contributed by atoms with Crippen molar-refractivity contribution < 1.29 is 9.47 Å². The van der Waals surface area contributed by atoms with E-state index >= 15 is 0 Å². The maximum atomic E-state index is 5.61. The second kappa shape index (κ2) is 5.21. The average Bonchev–Trinajstić information content (AvgIpc) is 2.86. The second-order valence-corrected chi connectivity index (χ2v) is 4.60. The Morgan fingerprint density at radius 1 is 1.00 bits per heavy atom. The van der Waals surface area contributed by atoms with Crippen molar-refractivity contribution in [3.8, 4) is 22.6 Å². The summed E-state index contributed by atoms with van der Waals surface area (Å²) in [5.74, 6) is 1.58. The van der Waals surface area contributed by atoms with Gasteiger partial charge in [-0.15, -0.1) is 11.3 Å². The van der Waals surface area contributed by atoms with E-state index in [0.29, 0.717) is 6.54 Å². The summed E-state index contributed by atoms with van der Waals surface area (Å²) < 4.78 is 10.5. The number of nitrogens with two attached hydrogens (primary N) is 1.